The van der Waals surface area contributed by atoms with Gasteiger partial charge < -0.3 is 24.7 Å². The molecular weight excluding hydrogens is 439 g/mol. The molecule has 172 valence electrons. The molecule has 1 aliphatic heterocycles. The van der Waals surface area contributed by atoms with Gasteiger partial charge >= 0.3 is 6.18 Å². The van der Waals surface area contributed by atoms with E-state index in [0.29, 0.717) is 13.2 Å². The van der Waals surface area contributed by atoms with Crippen LogP contribution in [0.1, 0.15) is 26.3 Å². The first-order valence-electron chi connectivity index (χ1n) is 10.1. The highest BCUT2D eigenvalue weighted by molar-refractivity contribution is 6.06. The van der Waals surface area contributed by atoms with Crippen LogP contribution in [0.3, 0.4) is 0 Å². The number of furan rings is 1. The van der Waals surface area contributed by atoms with Gasteiger partial charge in [0.1, 0.15) is 6.26 Å². The van der Waals surface area contributed by atoms with Crippen molar-refractivity contribution in [2.75, 3.05) is 41.8 Å². The Kier molecular flexibility index (Phi) is 6.36. The van der Waals surface area contributed by atoms with Gasteiger partial charge in [-0.3, -0.25) is 9.59 Å². The molecule has 0 aliphatic carbocycles. The van der Waals surface area contributed by atoms with Crippen LogP contribution in [0.2, 0.25) is 0 Å². The zero-order valence-electron chi connectivity index (χ0n) is 17.3. The number of nitrogens with one attached hydrogen (secondary N) is 2. The molecule has 0 atom stereocenters. The standard InChI is InChI=1S/C23H20F3N3O4/c24-23(25,26)19-13-17(27-22(31)16-7-10-33-14-16)3-6-20(19)28-21(30)15-1-4-18(5-2-15)29-8-11-32-12-9-29/h1-7,10,13-14H,8-9,11-12H2,(H,27,31)(H,28,30). The summed E-state index contributed by atoms with van der Waals surface area (Å²) in [5.41, 5.74) is -0.263. The van der Waals surface area contributed by atoms with E-state index in [0.717, 1.165) is 30.9 Å². The number of carbonyl (C=O) groups is 2. The minimum atomic E-state index is -4.75. The number of rotatable bonds is 5. The summed E-state index contributed by atoms with van der Waals surface area (Å²) in [6.07, 6.45) is -2.29. The van der Waals surface area contributed by atoms with E-state index < -0.39 is 29.2 Å². The van der Waals surface area contributed by atoms with Crippen LogP contribution in [0.5, 0.6) is 0 Å². The van der Waals surface area contributed by atoms with E-state index in [1.54, 1.807) is 24.3 Å². The van der Waals surface area contributed by atoms with Gasteiger partial charge in [0.15, 0.2) is 0 Å². The lowest BCUT2D eigenvalue weighted by atomic mass is 10.1. The first kappa shape index (κ1) is 22.4. The number of halogens is 3. The second-order valence-electron chi connectivity index (χ2n) is 7.32. The molecule has 0 radical (unpaired) electrons. The number of alkyl halides is 3. The summed E-state index contributed by atoms with van der Waals surface area (Å²) in [5, 5.41) is 4.70. The fourth-order valence-corrected chi connectivity index (χ4v) is 3.40. The smallest absolute Gasteiger partial charge is 0.418 e. The molecule has 2 aromatic carbocycles. The van der Waals surface area contributed by atoms with Crippen LogP contribution in [0.15, 0.2) is 65.5 Å². The average molecular weight is 459 g/mol. The van der Waals surface area contributed by atoms with Crippen LogP contribution in [0, 0.1) is 0 Å². The quantitative estimate of drug-likeness (QED) is 0.581. The molecule has 3 aromatic rings. The molecule has 4 rings (SSSR count). The predicted octanol–water partition coefficient (Wildman–Crippen LogP) is 4.64. The highest BCUT2D eigenvalue weighted by atomic mass is 19.4. The number of morpholine rings is 1. The molecule has 33 heavy (non-hydrogen) atoms. The van der Waals surface area contributed by atoms with Gasteiger partial charge in [-0.2, -0.15) is 13.2 Å². The summed E-state index contributed by atoms with van der Waals surface area (Å²) in [6.45, 7) is 2.68. The Morgan fingerprint density at radius 1 is 0.879 bits per heavy atom. The third-order valence-electron chi connectivity index (χ3n) is 5.12. The second-order valence-corrected chi connectivity index (χ2v) is 7.32. The Bertz CT molecular complexity index is 1120. The van der Waals surface area contributed by atoms with Gasteiger partial charge in [-0.05, 0) is 48.5 Å². The number of hydrogen-bond acceptors (Lipinski definition) is 5. The number of nitrogens with zero attached hydrogens (tertiary/aromatic N) is 1. The van der Waals surface area contributed by atoms with Crippen LogP contribution < -0.4 is 15.5 Å². The highest BCUT2D eigenvalue weighted by Gasteiger charge is 2.34. The Morgan fingerprint density at radius 2 is 1.58 bits per heavy atom. The predicted molar refractivity (Wildman–Crippen MR) is 116 cm³/mol. The maximum atomic E-state index is 13.7. The SMILES string of the molecule is O=C(Nc1ccc(NC(=O)c2ccc(N3CCOCC3)cc2)c(C(F)(F)F)c1)c1ccoc1. The van der Waals surface area contributed by atoms with Crippen molar-refractivity contribution in [2.45, 2.75) is 6.18 Å². The number of amides is 2. The largest absolute Gasteiger partial charge is 0.472 e. The third-order valence-corrected chi connectivity index (χ3v) is 5.12. The van der Waals surface area contributed by atoms with Crippen LogP contribution in [0.25, 0.3) is 0 Å². The molecule has 1 aromatic heterocycles. The number of anilines is 3. The molecule has 7 nitrogen and oxygen atoms in total. The van der Waals surface area contributed by atoms with Crippen molar-refractivity contribution in [2.24, 2.45) is 0 Å². The molecule has 10 heteroatoms. The molecule has 0 saturated carbocycles. The summed E-state index contributed by atoms with van der Waals surface area (Å²) in [4.78, 5) is 26.8. The van der Waals surface area contributed by atoms with E-state index in [1.807, 2.05) is 0 Å². The molecule has 2 heterocycles. The topological polar surface area (TPSA) is 83.8 Å². The molecule has 2 amide bonds. The van der Waals surface area contributed by atoms with E-state index >= 15 is 0 Å². The van der Waals surface area contributed by atoms with Crippen molar-refractivity contribution in [3.8, 4) is 0 Å². The van der Waals surface area contributed by atoms with Crippen LogP contribution in [-0.4, -0.2) is 38.1 Å². The fourth-order valence-electron chi connectivity index (χ4n) is 3.40. The summed E-state index contributed by atoms with van der Waals surface area (Å²) >= 11 is 0. The normalized spacial score (nSPS) is 14.1. The van der Waals surface area contributed by atoms with Crippen molar-refractivity contribution in [1.82, 2.24) is 0 Å². The van der Waals surface area contributed by atoms with Crippen molar-refractivity contribution < 1.29 is 31.9 Å². The molecular formula is C23H20F3N3O4. The Balaban J connectivity index is 1.50. The molecule has 0 spiro atoms. The first-order chi connectivity index (χ1) is 15.8. The lowest BCUT2D eigenvalue weighted by Gasteiger charge is -2.28. The zero-order valence-corrected chi connectivity index (χ0v) is 17.3. The average Bonchev–Trinajstić information content (AvgIpc) is 3.35. The number of hydrogen-bond donors (Lipinski definition) is 2. The van der Waals surface area contributed by atoms with Crippen molar-refractivity contribution in [3.05, 3.63) is 77.7 Å². The number of carbonyl (C=O) groups excluding carboxylic acids is 2. The number of ether oxygens (including phenoxy) is 1. The number of benzene rings is 2. The molecule has 2 N–H and O–H groups in total. The lowest BCUT2D eigenvalue weighted by molar-refractivity contribution is -0.136. The fraction of sp³-hybridized carbons (Fsp3) is 0.217. The summed E-state index contributed by atoms with van der Waals surface area (Å²) < 4.78 is 51.1. The Labute approximate surface area is 187 Å². The zero-order chi connectivity index (χ0) is 23.4. The van der Waals surface area contributed by atoms with Crippen LogP contribution in [0.4, 0.5) is 30.2 Å². The minimum absolute atomic E-state index is 0.0682. The van der Waals surface area contributed by atoms with Gasteiger partial charge in [0, 0.05) is 30.0 Å². The van der Waals surface area contributed by atoms with Gasteiger partial charge in [0.05, 0.1) is 36.3 Å². The van der Waals surface area contributed by atoms with Crippen molar-refractivity contribution in [1.29, 1.82) is 0 Å². The summed E-state index contributed by atoms with van der Waals surface area (Å²) in [7, 11) is 0. The molecule has 1 saturated heterocycles. The van der Waals surface area contributed by atoms with Crippen molar-refractivity contribution in [3.63, 3.8) is 0 Å². The van der Waals surface area contributed by atoms with E-state index in [4.69, 9.17) is 9.15 Å². The van der Waals surface area contributed by atoms with E-state index in [9.17, 15) is 22.8 Å². The van der Waals surface area contributed by atoms with Gasteiger partial charge in [0.25, 0.3) is 11.8 Å². The minimum Gasteiger partial charge on any atom is -0.472 e. The van der Waals surface area contributed by atoms with E-state index in [2.05, 4.69) is 15.5 Å². The van der Waals surface area contributed by atoms with Gasteiger partial charge in [-0.1, -0.05) is 0 Å². The molecule has 1 aliphatic rings. The molecule has 0 unspecified atom stereocenters. The van der Waals surface area contributed by atoms with Crippen LogP contribution in [-0.2, 0) is 10.9 Å². The van der Waals surface area contributed by atoms with Gasteiger partial charge in [-0.15, -0.1) is 0 Å². The van der Waals surface area contributed by atoms with Crippen LogP contribution >= 0.6 is 0 Å². The summed E-state index contributed by atoms with van der Waals surface area (Å²) in [5.74, 6) is -1.29. The van der Waals surface area contributed by atoms with Gasteiger partial charge in [0.2, 0.25) is 0 Å². The maximum Gasteiger partial charge on any atom is 0.418 e. The van der Waals surface area contributed by atoms with Crippen molar-refractivity contribution >= 4 is 28.9 Å². The lowest BCUT2D eigenvalue weighted by Crippen LogP contribution is -2.36. The second kappa shape index (κ2) is 9.37. The maximum absolute atomic E-state index is 13.7. The summed E-state index contributed by atoms with van der Waals surface area (Å²) in [6, 6.07) is 11.2. The van der Waals surface area contributed by atoms with Gasteiger partial charge in [-0.25, -0.2) is 0 Å². The van der Waals surface area contributed by atoms with E-state index in [1.165, 1.54) is 24.7 Å². The Morgan fingerprint density at radius 3 is 2.21 bits per heavy atom. The monoisotopic (exact) mass is 459 g/mol. The molecule has 1 fully saturated rings. The third kappa shape index (κ3) is 5.35. The first-order valence-corrected chi connectivity index (χ1v) is 10.1. The van der Waals surface area contributed by atoms with E-state index in [-0.39, 0.29) is 16.8 Å². The highest BCUT2D eigenvalue weighted by Crippen LogP contribution is 2.37. The molecule has 0 bridgehead atoms. The Hall–Kier alpha value is -3.79.